The third kappa shape index (κ3) is 3.79. The van der Waals surface area contributed by atoms with Gasteiger partial charge in [-0.25, -0.2) is 18.7 Å². The Morgan fingerprint density at radius 2 is 1.95 bits per heavy atom. The molecule has 20 heavy (non-hydrogen) atoms. The van der Waals surface area contributed by atoms with Crippen molar-refractivity contribution in [3.05, 3.63) is 18.1 Å². The van der Waals surface area contributed by atoms with Gasteiger partial charge in [-0.3, -0.25) is 0 Å². The Hall–Kier alpha value is -1.42. The van der Waals surface area contributed by atoms with Gasteiger partial charge in [0.25, 0.3) is 6.43 Å². The number of nitrogens with one attached hydrogen (secondary N) is 1. The van der Waals surface area contributed by atoms with E-state index >= 15 is 0 Å². The predicted molar refractivity (Wildman–Crippen MR) is 65.2 cm³/mol. The van der Waals surface area contributed by atoms with Gasteiger partial charge in [-0.2, -0.15) is 12.7 Å². The van der Waals surface area contributed by atoms with Crippen molar-refractivity contribution in [2.75, 3.05) is 18.4 Å². The number of nitrogens with zero attached hydrogens (tertiary/aromatic N) is 3. The van der Waals surface area contributed by atoms with Crippen LogP contribution >= 0.6 is 0 Å². The van der Waals surface area contributed by atoms with Crippen molar-refractivity contribution >= 4 is 16.2 Å². The molecule has 0 radical (unpaired) electrons. The summed E-state index contributed by atoms with van der Waals surface area (Å²) in [5.41, 5.74) is -0.383. The minimum absolute atomic E-state index is 0.0449. The molecule has 112 valence electrons. The Morgan fingerprint density at radius 3 is 2.50 bits per heavy atom. The molecule has 0 aromatic carbocycles. The molecule has 0 saturated carbocycles. The van der Waals surface area contributed by atoms with E-state index in [2.05, 4.69) is 15.3 Å². The van der Waals surface area contributed by atoms with Gasteiger partial charge in [0.05, 0.1) is 0 Å². The maximum atomic E-state index is 12.7. The third-order valence-corrected chi connectivity index (χ3v) is 4.01. The van der Waals surface area contributed by atoms with E-state index in [0.29, 0.717) is 12.8 Å². The summed E-state index contributed by atoms with van der Waals surface area (Å²) in [6, 6.07) is 0.997. The van der Waals surface area contributed by atoms with Crippen molar-refractivity contribution in [3.63, 3.8) is 0 Å². The average molecular weight is 310 g/mol. The molecule has 0 aliphatic carbocycles. The average Bonchev–Trinajstić information content (AvgIpc) is 2.38. The van der Waals surface area contributed by atoms with Crippen LogP contribution in [0.3, 0.4) is 0 Å². The molecule has 1 aliphatic rings. The SMILES string of the molecule is O=S(=O)(F)N1CCC(Nc2cc(C(F)F)ncn2)CC1. The highest BCUT2D eigenvalue weighted by atomic mass is 32.3. The second-order valence-corrected chi connectivity index (χ2v) is 5.73. The Balaban J connectivity index is 1.94. The summed E-state index contributed by atoms with van der Waals surface area (Å²) in [6.07, 6.45) is -0.906. The molecule has 1 aromatic heterocycles. The van der Waals surface area contributed by atoms with E-state index in [0.717, 1.165) is 16.7 Å². The Kier molecular flexibility index (Phi) is 4.43. The highest BCUT2D eigenvalue weighted by Crippen LogP contribution is 2.21. The largest absolute Gasteiger partial charge is 0.374 e. The van der Waals surface area contributed by atoms with Crippen LogP contribution in [0.2, 0.25) is 0 Å². The smallest absolute Gasteiger partial charge is 0.367 e. The minimum Gasteiger partial charge on any atom is -0.367 e. The minimum atomic E-state index is -4.66. The fourth-order valence-electron chi connectivity index (χ4n) is 2.00. The maximum absolute atomic E-state index is 12.7. The first-order valence-corrected chi connectivity index (χ1v) is 7.26. The predicted octanol–water partition coefficient (Wildman–Crippen LogP) is 1.50. The van der Waals surface area contributed by atoms with E-state index in [1.54, 1.807) is 0 Å². The molecule has 1 N–H and O–H groups in total. The first kappa shape index (κ1) is 15.0. The molecule has 0 atom stereocenters. The molecular formula is C10H13F3N4O2S. The lowest BCUT2D eigenvalue weighted by molar-refractivity contribution is 0.146. The Morgan fingerprint density at radius 1 is 1.30 bits per heavy atom. The number of piperidine rings is 1. The first-order chi connectivity index (χ1) is 9.36. The van der Waals surface area contributed by atoms with Crippen molar-refractivity contribution in [1.29, 1.82) is 0 Å². The maximum Gasteiger partial charge on any atom is 0.374 e. The van der Waals surface area contributed by atoms with Gasteiger partial charge in [0, 0.05) is 25.2 Å². The van der Waals surface area contributed by atoms with Crippen LogP contribution in [0.1, 0.15) is 25.0 Å². The van der Waals surface area contributed by atoms with Gasteiger partial charge in [0.1, 0.15) is 17.8 Å². The zero-order valence-electron chi connectivity index (χ0n) is 10.3. The summed E-state index contributed by atoms with van der Waals surface area (Å²) in [4.78, 5) is 7.26. The normalized spacial score (nSPS) is 18.4. The molecule has 1 fully saturated rings. The summed E-state index contributed by atoms with van der Waals surface area (Å²) < 4.78 is 59.9. The summed E-state index contributed by atoms with van der Waals surface area (Å²) in [7, 11) is -4.66. The van der Waals surface area contributed by atoms with Crippen LogP contribution in [0.15, 0.2) is 12.4 Å². The monoisotopic (exact) mass is 310 g/mol. The molecular weight excluding hydrogens is 297 g/mol. The van der Waals surface area contributed by atoms with Crippen LogP contribution in [-0.2, 0) is 10.4 Å². The molecule has 2 heterocycles. The molecule has 6 nitrogen and oxygen atoms in total. The van der Waals surface area contributed by atoms with Crippen LogP contribution in [0.25, 0.3) is 0 Å². The number of hydrogen-bond donors (Lipinski definition) is 1. The van der Waals surface area contributed by atoms with Crippen LogP contribution in [0.4, 0.5) is 18.5 Å². The Labute approximate surface area is 114 Å². The van der Waals surface area contributed by atoms with E-state index in [1.165, 1.54) is 0 Å². The number of aromatic nitrogens is 2. The lowest BCUT2D eigenvalue weighted by atomic mass is 10.1. The van der Waals surface area contributed by atoms with Crippen molar-refractivity contribution in [2.45, 2.75) is 25.3 Å². The highest BCUT2D eigenvalue weighted by molar-refractivity contribution is 7.83. The zero-order chi connectivity index (χ0) is 14.8. The first-order valence-electron chi connectivity index (χ1n) is 5.92. The van der Waals surface area contributed by atoms with Gasteiger partial charge in [0.2, 0.25) is 0 Å². The molecule has 1 aliphatic heterocycles. The molecule has 2 rings (SSSR count). The molecule has 0 bridgehead atoms. The molecule has 10 heteroatoms. The second-order valence-electron chi connectivity index (χ2n) is 4.39. The number of hydrogen-bond acceptors (Lipinski definition) is 5. The summed E-state index contributed by atoms with van der Waals surface area (Å²) in [6.45, 7) is 0.0899. The fraction of sp³-hybridized carbons (Fsp3) is 0.600. The quantitative estimate of drug-likeness (QED) is 0.853. The fourth-order valence-corrected chi connectivity index (χ4v) is 2.64. The highest BCUT2D eigenvalue weighted by Gasteiger charge is 2.27. The van der Waals surface area contributed by atoms with E-state index in [9.17, 15) is 21.1 Å². The van der Waals surface area contributed by atoms with Gasteiger partial charge in [0.15, 0.2) is 0 Å². The molecule has 0 unspecified atom stereocenters. The van der Waals surface area contributed by atoms with Crippen molar-refractivity contribution in [2.24, 2.45) is 0 Å². The van der Waals surface area contributed by atoms with E-state index in [-0.39, 0.29) is 30.6 Å². The zero-order valence-corrected chi connectivity index (χ0v) is 11.2. The Bertz CT molecular complexity index is 561. The molecule has 0 spiro atoms. The number of anilines is 1. The lowest BCUT2D eigenvalue weighted by Gasteiger charge is -2.29. The van der Waals surface area contributed by atoms with E-state index < -0.39 is 16.8 Å². The van der Waals surface area contributed by atoms with Gasteiger partial charge < -0.3 is 5.32 Å². The van der Waals surface area contributed by atoms with Gasteiger partial charge in [-0.15, -0.1) is 0 Å². The number of halogens is 3. The van der Waals surface area contributed by atoms with Crippen LogP contribution in [0.5, 0.6) is 0 Å². The van der Waals surface area contributed by atoms with Crippen molar-refractivity contribution < 1.29 is 21.1 Å². The van der Waals surface area contributed by atoms with Gasteiger partial charge >= 0.3 is 10.4 Å². The van der Waals surface area contributed by atoms with Crippen molar-refractivity contribution in [3.8, 4) is 0 Å². The number of alkyl halides is 2. The van der Waals surface area contributed by atoms with E-state index in [1.807, 2.05) is 0 Å². The van der Waals surface area contributed by atoms with Crippen molar-refractivity contribution in [1.82, 2.24) is 14.3 Å². The second kappa shape index (κ2) is 5.92. The molecule has 0 amide bonds. The summed E-state index contributed by atoms with van der Waals surface area (Å²) >= 11 is 0. The standard InChI is InChI=1S/C10H13F3N4O2S/c11-10(12)8-5-9(15-6-14-8)16-7-1-3-17(4-2-7)20(13,18)19/h5-7,10H,1-4H2,(H,14,15,16). The number of rotatable bonds is 4. The molecule has 1 saturated heterocycles. The van der Waals surface area contributed by atoms with Gasteiger partial charge in [-0.1, -0.05) is 3.89 Å². The summed E-state index contributed by atoms with van der Waals surface area (Å²) in [5.74, 6) is 0.247. The third-order valence-electron chi connectivity index (χ3n) is 3.03. The van der Waals surface area contributed by atoms with Crippen LogP contribution in [0, 0.1) is 0 Å². The van der Waals surface area contributed by atoms with Crippen LogP contribution in [-0.4, -0.2) is 41.8 Å². The van der Waals surface area contributed by atoms with E-state index in [4.69, 9.17) is 0 Å². The topological polar surface area (TPSA) is 75.2 Å². The lowest BCUT2D eigenvalue weighted by Crippen LogP contribution is -2.40. The van der Waals surface area contributed by atoms with Crippen LogP contribution < -0.4 is 5.32 Å². The summed E-state index contributed by atoms with van der Waals surface area (Å²) in [5, 5.41) is 2.92. The molecule has 1 aromatic rings. The van der Waals surface area contributed by atoms with Gasteiger partial charge in [-0.05, 0) is 12.8 Å².